The van der Waals surface area contributed by atoms with Crippen LogP contribution in [0, 0.1) is 0 Å². The number of piperazine rings is 1. The van der Waals surface area contributed by atoms with E-state index in [0.717, 1.165) is 62.8 Å². The summed E-state index contributed by atoms with van der Waals surface area (Å²) in [6.45, 7) is 8.58. The van der Waals surface area contributed by atoms with Gasteiger partial charge in [-0.3, -0.25) is 0 Å². The second kappa shape index (κ2) is 8.69. The third-order valence-electron chi connectivity index (χ3n) is 6.57. The lowest BCUT2D eigenvalue weighted by molar-refractivity contribution is -1.03. The van der Waals surface area contributed by atoms with Crippen LogP contribution in [0.15, 0.2) is 46.9 Å². The zero-order chi connectivity index (χ0) is 21.2. The fourth-order valence-electron chi connectivity index (χ4n) is 4.61. The topological polar surface area (TPSA) is 66.3 Å². The van der Waals surface area contributed by atoms with Crippen LogP contribution < -0.4 is 19.3 Å². The van der Waals surface area contributed by atoms with E-state index in [1.807, 2.05) is 24.3 Å². The minimum Gasteiger partial charge on any atom is -0.497 e. The predicted octanol–water partition coefficient (Wildman–Crippen LogP) is 0.725. The van der Waals surface area contributed by atoms with Crippen molar-refractivity contribution in [3.05, 3.63) is 59.5 Å². The lowest BCUT2D eigenvalue weighted by atomic mass is 10.1. The van der Waals surface area contributed by atoms with Gasteiger partial charge in [-0.15, -0.1) is 10.2 Å². The van der Waals surface area contributed by atoms with E-state index in [2.05, 4.69) is 35.3 Å². The van der Waals surface area contributed by atoms with E-state index in [4.69, 9.17) is 13.9 Å². The second-order valence-electron chi connectivity index (χ2n) is 8.52. The van der Waals surface area contributed by atoms with Gasteiger partial charge < -0.3 is 23.7 Å². The first kappa shape index (κ1) is 20.0. The summed E-state index contributed by atoms with van der Waals surface area (Å²) in [6, 6.07) is 14.6. The summed E-state index contributed by atoms with van der Waals surface area (Å²) in [5.74, 6) is 3.15. The molecule has 2 N–H and O–H groups in total. The van der Waals surface area contributed by atoms with E-state index in [1.165, 1.54) is 16.0 Å². The van der Waals surface area contributed by atoms with Crippen LogP contribution in [-0.2, 0) is 13.0 Å². The van der Waals surface area contributed by atoms with E-state index in [0.29, 0.717) is 11.8 Å². The van der Waals surface area contributed by atoms with Crippen LogP contribution in [0.25, 0.3) is 11.5 Å². The molecular weight excluding hydrogens is 392 g/mol. The number of ether oxygens (including phenoxy) is 2. The zero-order valence-corrected chi connectivity index (χ0v) is 18.2. The van der Waals surface area contributed by atoms with Crippen molar-refractivity contribution in [1.29, 1.82) is 0 Å². The molecule has 162 valence electrons. The Labute approximate surface area is 182 Å². The third-order valence-corrected chi connectivity index (χ3v) is 6.57. The van der Waals surface area contributed by atoms with E-state index in [1.54, 1.807) is 12.0 Å². The Balaban J connectivity index is 1.17. The summed E-state index contributed by atoms with van der Waals surface area (Å²) in [4.78, 5) is 3.15. The molecule has 2 aromatic carbocycles. The molecule has 0 bridgehead atoms. The maximum Gasteiger partial charge on any atom is 0.274 e. The van der Waals surface area contributed by atoms with E-state index in [-0.39, 0.29) is 6.04 Å². The van der Waals surface area contributed by atoms with Crippen LogP contribution in [0.5, 0.6) is 11.5 Å². The molecule has 0 aliphatic carbocycles. The summed E-state index contributed by atoms with van der Waals surface area (Å²) in [6.07, 6.45) is 1.04. The fraction of sp³-hybridized carbons (Fsp3) is 0.417. The first-order valence-electron chi connectivity index (χ1n) is 11.1. The van der Waals surface area contributed by atoms with Crippen molar-refractivity contribution in [1.82, 2.24) is 10.2 Å². The van der Waals surface area contributed by atoms with Crippen LogP contribution in [-0.4, -0.2) is 50.1 Å². The van der Waals surface area contributed by atoms with E-state index >= 15 is 0 Å². The largest absolute Gasteiger partial charge is 0.497 e. The van der Waals surface area contributed by atoms with Crippen LogP contribution in [0.1, 0.15) is 30.0 Å². The van der Waals surface area contributed by atoms with E-state index in [9.17, 15) is 0 Å². The van der Waals surface area contributed by atoms with Gasteiger partial charge in [0.25, 0.3) is 5.89 Å². The minimum atomic E-state index is 0.193. The molecule has 7 nitrogen and oxygen atoms in total. The maximum absolute atomic E-state index is 6.02. The molecule has 1 aromatic heterocycles. The van der Waals surface area contributed by atoms with Gasteiger partial charge in [0.1, 0.15) is 44.2 Å². The number of hydrogen-bond donors (Lipinski definition) is 2. The monoisotopic (exact) mass is 422 g/mol. The van der Waals surface area contributed by atoms with Crippen LogP contribution in [0.4, 0.5) is 0 Å². The van der Waals surface area contributed by atoms with Gasteiger partial charge in [0.2, 0.25) is 5.89 Å². The lowest BCUT2D eigenvalue weighted by Gasteiger charge is -2.32. The number of nitrogens with one attached hydrogen (secondary N) is 2. The number of rotatable bonds is 6. The van der Waals surface area contributed by atoms with Crippen LogP contribution >= 0.6 is 0 Å². The number of quaternary nitrogens is 2. The summed E-state index contributed by atoms with van der Waals surface area (Å²) in [5, 5.41) is 8.61. The summed E-state index contributed by atoms with van der Waals surface area (Å²) in [5.41, 5.74) is 3.69. The molecule has 0 saturated carbocycles. The molecule has 3 heterocycles. The molecule has 0 unspecified atom stereocenters. The van der Waals surface area contributed by atoms with Gasteiger partial charge in [0, 0.05) is 17.5 Å². The highest BCUT2D eigenvalue weighted by Gasteiger charge is 2.31. The zero-order valence-electron chi connectivity index (χ0n) is 18.2. The number of aromatic nitrogens is 2. The Morgan fingerprint density at radius 3 is 2.61 bits per heavy atom. The third kappa shape index (κ3) is 4.29. The number of methoxy groups -OCH3 is 1. The van der Waals surface area contributed by atoms with Gasteiger partial charge in [0.15, 0.2) is 6.04 Å². The summed E-state index contributed by atoms with van der Waals surface area (Å²) in [7, 11) is 1.66. The molecule has 1 fully saturated rings. The normalized spacial score (nSPS) is 21.4. The van der Waals surface area contributed by atoms with Gasteiger partial charge >= 0.3 is 0 Å². The number of fused-ring (bicyclic) bond motifs is 1. The molecule has 2 aliphatic heterocycles. The minimum absolute atomic E-state index is 0.193. The molecule has 1 saturated heterocycles. The highest BCUT2D eigenvalue weighted by Crippen LogP contribution is 2.25. The Morgan fingerprint density at radius 2 is 1.84 bits per heavy atom. The molecule has 0 radical (unpaired) electrons. The fourth-order valence-corrected chi connectivity index (χ4v) is 4.61. The van der Waals surface area contributed by atoms with Crippen molar-refractivity contribution in [2.24, 2.45) is 0 Å². The standard InChI is InChI=1S/C24H28N4O3/c1-17(23-25-26-24(31-23)19-4-6-21(29-2)7-5-19)28-12-10-27(11-13-28)16-18-3-8-22-20(15-18)9-14-30-22/h3-8,15,17H,9-14,16H2,1-2H3/p+2/t17-/m1/s1. The summed E-state index contributed by atoms with van der Waals surface area (Å²) >= 11 is 0. The molecule has 5 rings (SSSR count). The molecule has 2 aliphatic rings. The molecule has 0 amide bonds. The maximum atomic E-state index is 6.02. The van der Waals surface area contributed by atoms with Crippen molar-refractivity contribution in [3.8, 4) is 23.0 Å². The van der Waals surface area contributed by atoms with Crippen molar-refractivity contribution < 1.29 is 23.7 Å². The smallest absolute Gasteiger partial charge is 0.274 e. The Hall–Kier alpha value is -2.90. The summed E-state index contributed by atoms with van der Waals surface area (Å²) < 4.78 is 16.9. The Bertz CT molecular complexity index is 1030. The molecule has 3 aromatic rings. The van der Waals surface area contributed by atoms with E-state index < -0.39 is 0 Å². The van der Waals surface area contributed by atoms with Crippen molar-refractivity contribution in [2.75, 3.05) is 39.9 Å². The first-order chi connectivity index (χ1) is 15.2. The van der Waals surface area contributed by atoms with Gasteiger partial charge in [0.05, 0.1) is 13.7 Å². The molecule has 0 spiro atoms. The van der Waals surface area contributed by atoms with Crippen molar-refractivity contribution in [2.45, 2.75) is 25.9 Å². The quantitative estimate of drug-likeness (QED) is 0.613. The van der Waals surface area contributed by atoms with Crippen molar-refractivity contribution in [3.63, 3.8) is 0 Å². The van der Waals surface area contributed by atoms with Gasteiger partial charge in [-0.05, 0) is 55.0 Å². The lowest BCUT2D eigenvalue weighted by Crippen LogP contribution is -3.27. The Kier molecular flexibility index (Phi) is 5.61. The molecule has 31 heavy (non-hydrogen) atoms. The molecule has 1 atom stereocenters. The Morgan fingerprint density at radius 1 is 1.03 bits per heavy atom. The van der Waals surface area contributed by atoms with Crippen molar-refractivity contribution >= 4 is 0 Å². The average molecular weight is 423 g/mol. The molecule has 7 heteroatoms. The predicted molar refractivity (Wildman–Crippen MR) is 115 cm³/mol. The van der Waals surface area contributed by atoms with Crippen LogP contribution in [0.2, 0.25) is 0 Å². The average Bonchev–Trinajstić information content (AvgIpc) is 3.49. The first-order valence-corrected chi connectivity index (χ1v) is 11.1. The second-order valence-corrected chi connectivity index (χ2v) is 8.52. The number of benzene rings is 2. The SMILES string of the molecule is COc1ccc(-c2nnc([C@@H](C)[NH+]3CC[NH+](Cc4ccc5c(c4)CCO5)CC3)o2)cc1. The highest BCUT2D eigenvalue weighted by molar-refractivity contribution is 5.53. The number of nitrogens with zero attached hydrogens (tertiary/aromatic N) is 2. The van der Waals surface area contributed by atoms with Gasteiger partial charge in [-0.2, -0.15) is 0 Å². The number of hydrogen-bond acceptors (Lipinski definition) is 5. The van der Waals surface area contributed by atoms with Gasteiger partial charge in [-0.1, -0.05) is 0 Å². The van der Waals surface area contributed by atoms with Crippen LogP contribution in [0.3, 0.4) is 0 Å². The van der Waals surface area contributed by atoms with Gasteiger partial charge in [-0.25, -0.2) is 0 Å². The highest BCUT2D eigenvalue weighted by atomic mass is 16.5. The molecular formula is C24H30N4O3+2.